The van der Waals surface area contributed by atoms with Crippen LogP contribution in [0.2, 0.25) is 0 Å². The summed E-state index contributed by atoms with van der Waals surface area (Å²) in [5.41, 5.74) is 7.45. The molecule has 1 saturated heterocycles. The Morgan fingerprint density at radius 3 is 2.80 bits per heavy atom. The molecule has 1 atom stereocenters. The van der Waals surface area contributed by atoms with Crippen LogP contribution in [0, 0.1) is 0 Å². The standard InChI is InChI=1S/C15H19N5O3.2ClH/c16-7-13(21)17-8-14(22)18-9-3-4-10-11(6-9)20-15(19-10)12-2-1-5-23-12;;/h3-4,6,12H,1-2,5,7-8,16H2,(H,17,21)(H,18,22)(H,19,20);2*1H. The van der Waals surface area contributed by atoms with Crippen molar-refractivity contribution < 1.29 is 14.3 Å². The Bertz CT molecular complexity index is 731. The number of carbonyl (C=O) groups excluding carboxylic acids is 2. The molecule has 5 N–H and O–H groups in total. The summed E-state index contributed by atoms with van der Waals surface area (Å²) in [7, 11) is 0. The zero-order valence-electron chi connectivity index (χ0n) is 13.4. The maximum absolute atomic E-state index is 11.8. The molecule has 0 radical (unpaired) electrons. The number of hydrogen-bond donors (Lipinski definition) is 4. The van der Waals surface area contributed by atoms with Crippen molar-refractivity contribution in [3.05, 3.63) is 24.0 Å². The molecular weight excluding hydrogens is 369 g/mol. The number of anilines is 1. The van der Waals surface area contributed by atoms with E-state index in [-0.39, 0.29) is 55.8 Å². The monoisotopic (exact) mass is 389 g/mol. The van der Waals surface area contributed by atoms with Gasteiger partial charge in [-0.2, -0.15) is 0 Å². The molecule has 0 spiro atoms. The molecule has 25 heavy (non-hydrogen) atoms. The van der Waals surface area contributed by atoms with E-state index in [9.17, 15) is 9.59 Å². The number of halogens is 2. The first-order chi connectivity index (χ1) is 11.2. The highest BCUT2D eigenvalue weighted by molar-refractivity contribution is 5.96. The van der Waals surface area contributed by atoms with Crippen LogP contribution in [0.3, 0.4) is 0 Å². The molecule has 1 unspecified atom stereocenters. The SMILES string of the molecule is Cl.Cl.NCC(=O)NCC(=O)Nc1ccc2nc(C3CCCO3)[nH]c2c1. The fourth-order valence-electron chi connectivity index (χ4n) is 2.51. The average Bonchev–Trinajstić information content (AvgIpc) is 3.20. The molecule has 138 valence electrons. The van der Waals surface area contributed by atoms with Crippen LogP contribution in [0.25, 0.3) is 11.0 Å². The van der Waals surface area contributed by atoms with E-state index in [0.29, 0.717) is 5.69 Å². The van der Waals surface area contributed by atoms with Crippen molar-refractivity contribution in [2.75, 3.05) is 25.0 Å². The van der Waals surface area contributed by atoms with E-state index in [2.05, 4.69) is 20.6 Å². The van der Waals surface area contributed by atoms with Gasteiger partial charge in [0.05, 0.1) is 24.1 Å². The average molecular weight is 390 g/mol. The van der Waals surface area contributed by atoms with Gasteiger partial charge in [0, 0.05) is 12.3 Å². The molecular formula is C15H21Cl2N5O3. The molecule has 1 aliphatic rings. The lowest BCUT2D eigenvalue weighted by Gasteiger charge is -2.06. The lowest BCUT2D eigenvalue weighted by atomic mass is 10.2. The third-order valence-corrected chi connectivity index (χ3v) is 3.65. The Kier molecular flexibility index (Phi) is 8.11. The highest BCUT2D eigenvalue weighted by Crippen LogP contribution is 2.28. The van der Waals surface area contributed by atoms with Crippen LogP contribution < -0.4 is 16.4 Å². The molecule has 0 aliphatic carbocycles. The van der Waals surface area contributed by atoms with Gasteiger partial charge < -0.3 is 26.1 Å². The summed E-state index contributed by atoms with van der Waals surface area (Å²) in [5, 5.41) is 5.14. The van der Waals surface area contributed by atoms with E-state index >= 15 is 0 Å². The molecule has 1 fully saturated rings. The number of fused-ring (bicyclic) bond motifs is 1. The molecule has 2 aromatic rings. The summed E-state index contributed by atoms with van der Waals surface area (Å²) in [6.45, 7) is 0.509. The van der Waals surface area contributed by atoms with E-state index in [4.69, 9.17) is 10.5 Å². The van der Waals surface area contributed by atoms with Crippen molar-refractivity contribution in [1.82, 2.24) is 15.3 Å². The summed E-state index contributed by atoms with van der Waals surface area (Å²) in [4.78, 5) is 30.6. The van der Waals surface area contributed by atoms with E-state index < -0.39 is 0 Å². The van der Waals surface area contributed by atoms with Gasteiger partial charge in [-0.25, -0.2) is 4.98 Å². The molecule has 10 heteroatoms. The number of nitrogens with one attached hydrogen (secondary N) is 3. The van der Waals surface area contributed by atoms with Gasteiger partial charge in [0.2, 0.25) is 11.8 Å². The predicted octanol–water partition coefficient (Wildman–Crippen LogP) is 1.27. The quantitative estimate of drug-likeness (QED) is 0.613. The minimum atomic E-state index is -0.370. The number of aromatic amines is 1. The van der Waals surface area contributed by atoms with Gasteiger partial charge in [-0.15, -0.1) is 24.8 Å². The maximum atomic E-state index is 11.8. The fraction of sp³-hybridized carbons (Fsp3) is 0.400. The van der Waals surface area contributed by atoms with E-state index in [1.165, 1.54) is 0 Å². The van der Waals surface area contributed by atoms with Crippen LogP contribution >= 0.6 is 24.8 Å². The first-order valence-corrected chi connectivity index (χ1v) is 7.53. The first-order valence-electron chi connectivity index (χ1n) is 7.53. The Morgan fingerprint density at radius 2 is 2.12 bits per heavy atom. The van der Waals surface area contributed by atoms with E-state index in [1.54, 1.807) is 6.07 Å². The van der Waals surface area contributed by atoms with E-state index in [0.717, 1.165) is 36.3 Å². The Labute approximate surface area is 157 Å². The molecule has 1 aliphatic heterocycles. The van der Waals surface area contributed by atoms with Gasteiger partial charge in [-0.05, 0) is 31.0 Å². The van der Waals surface area contributed by atoms with Crippen molar-refractivity contribution in [1.29, 1.82) is 0 Å². The predicted molar refractivity (Wildman–Crippen MR) is 99.2 cm³/mol. The number of imidazole rings is 1. The van der Waals surface area contributed by atoms with Gasteiger partial charge >= 0.3 is 0 Å². The smallest absolute Gasteiger partial charge is 0.243 e. The zero-order chi connectivity index (χ0) is 16.2. The van der Waals surface area contributed by atoms with Gasteiger partial charge in [0.1, 0.15) is 11.9 Å². The van der Waals surface area contributed by atoms with Crippen molar-refractivity contribution in [2.24, 2.45) is 5.73 Å². The molecule has 0 bridgehead atoms. The van der Waals surface area contributed by atoms with Crippen LogP contribution in [0.4, 0.5) is 5.69 Å². The normalized spacial score (nSPS) is 16.0. The second-order valence-electron chi connectivity index (χ2n) is 5.38. The number of rotatable bonds is 5. The topological polar surface area (TPSA) is 122 Å². The molecule has 8 nitrogen and oxygen atoms in total. The minimum Gasteiger partial charge on any atom is -0.370 e. The van der Waals surface area contributed by atoms with Gasteiger partial charge in [-0.3, -0.25) is 9.59 Å². The fourth-order valence-corrected chi connectivity index (χ4v) is 2.51. The third-order valence-electron chi connectivity index (χ3n) is 3.65. The highest BCUT2D eigenvalue weighted by Gasteiger charge is 2.21. The van der Waals surface area contributed by atoms with Crippen LogP contribution in [0.15, 0.2) is 18.2 Å². The summed E-state index contributed by atoms with van der Waals surface area (Å²) < 4.78 is 5.61. The lowest BCUT2D eigenvalue weighted by molar-refractivity contribution is -0.123. The zero-order valence-corrected chi connectivity index (χ0v) is 15.0. The van der Waals surface area contributed by atoms with Crippen molar-refractivity contribution in [3.8, 4) is 0 Å². The largest absolute Gasteiger partial charge is 0.370 e. The van der Waals surface area contributed by atoms with Gasteiger partial charge in [0.25, 0.3) is 0 Å². The van der Waals surface area contributed by atoms with Crippen LogP contribution in [-0.4, -0.2) is 41.5 Å². The first kappa shape index (κ1) is 21.2. The van der Waals surface area contributed by atoms with Crippen molar-refractivity contribution in [2.45, 2.75) is 18.9 Å². The van der Waals surface area contributed by atoms with Crippen LogP contribution in [-0.2, 0) is 14.3 Å². The molecule has 0 saturated carbocycles. The second kappa shape index (κ2) is 9.57. The Balaban J connectivity index is 0.00000156. The molecule has 3 rings (SSSR count). The summed E-state index contributed by atoms with van der Waals surface area (Å²) >= 11 is 0. The highest BCUT2D eigenvalue weighted by atomic mass is 35.5. The molecule has 2 heterocycles. The number of H-pyrrole nitrogens is 1. The Hall–Kier alpha value is -1.87. The van der Waals surface area contributed by atoms with Crippen molar-refractivity contribution in [3.63, 3.8) is 0 Å². The number of hydrogen-bond acceptors (Lipinski definition) is 5. The summed E-state index contributed by atoms with van der Waals surface area (Å²) in [6.07, 6.45) is 2.02. The van der Waals surface area contributed by atoms with Gasteiger partial charge in [-0.1, -0.05) is 0 Å². The van der Waals surface area contributed by atoms with Crippen LogP contribution in [0.5, 0.6) is 0 Å². The second-order valence-corrected chi connectivity index (χ2v) is 5.38. The number of ether oxygens (including phenoxy) is 1. The molecule has 1 aromatic heterocycles. The van der Waals surface area contributed by atoms with Gasteiger partial charge in [0.15, 0.2) is 0 Å². The van der Waals surface area contributed by atoms with Crippen LogP contribution in [0.1, 0.15) is 24.8 Å². The molecule has 1 aromatic carbocycles. The number of amides is 2. The number of benzene rings is 1. The lowest BCUT2D eigenvalue weighted by Crippen LogP contribution is -2.36. The van der Waals surface area contributed by atoms with E-state index in [1.807, 2.05) is 12.1 Å². The maximum Gasteiger partial charge on any atom is 0.243 e. The Morgan fingerprint density at radius 1 is 1.32 bits per heavy atom. The summed E-state index contributed by atoms with van der Waals surface area (Å²) in [6, 6.07) is 5.41. The number of nitrogens with two attached hydrogens (primary N) is 1. The number of nitrogens with zero attached hydrogens (tertiary/aromatic N) is 1. The number of carbonyl (C=O) groups is 2. The third kappa shape index (κ3) is 5.30. The van der Waals surface area contributed by atoms with Crippen molar-refractivity contribution >= 4 is 53.3 Å². The molecule has 2 amide bonds. The summed E-state index contributed by atoms with van der Waals surface area (Å²) in [5.74, 6) is 0.131. The number of aromatic nitrogens is 2. The minimum absolute atomic E-state index is 0.